The summed E-state index contributed by atoms with van der Waals surface area (Å²) in [6, 6.07) is 8.16. The van der Waals surface area contributed by atoms with Crippen molar-refractivity contribution < 1.29 is 13.2 Å². The maximum Gasteiger partial charge on any atom is 0.434 e. The average molecular weight is 564 g/mol. The van der Waals surface area contributed by atoms with Gasteiger partial charge in [0.2, 0.25) is 0 Å². The number of hydrogen-bond acceptors (Lipinski definition) is 4. The Balaban J connectivity index is 0.00000341. The lowest BCUT2D eigenvalue weighted by atomic mass is 10.1. The molecular weight excluding hydrogens is 540 g/mol. The van der Waals surface area contributed by atoms with Crippen LogP contribution in [0.25, 0.3) is 0 Å². The summed E-state index contributed by atoms with van der Waals surface area (Å²) < 4.78 is 39.9. The van der Waals surface area contributed by atoms with Gasteiger partial charge in [-0.25, -0.2) is 15.0 Å². The maximum absolute atomic E-state index is 12.6. The minimum Gasteiger partial charge on any atom is -0.357 e. The van der Waals surface area contributed by atoms with Crippen LogP contribution in [0.4, 0.5) is 13.2 Å². The number of hydrogen-bond donors (Lipinski definition) is 2. The minimum absolute atomic E-state index is 0. The van der Waals surface area contributed by atoms with Gasteiger partial charge in [0, 0.05) is 43.8 Å². The Morgan fingerprint density at radius 2 is 2.03 bits per heavy atom. The van der Waals surface area contributed by atoms with E-state index in [2.05, 4.69) is 37.7 Å². The predicted octanol–water partition coefficient (Wildman–Crippen LogP) is 4.32. The van der Waals surface area contributed by atoms with Crippen LogP contribution in [0.15, 0.2) is 53.4 Å². The molecule has 0 aliphatic rings. The number of aromatic nitrogens is 3. The van der Waals surface area contributed by atoms with Crippen molar-refractivity contribution in [3.05, 3.63) is 70.2 Å². The van der Waals surface area contributed by atoms with Crippen molar-refractivity contribution in [2.24, 2.45) is 4.99 Å². The molecule has 2 heterocycles. The lowest BCUT2D eigenvalue weighted by molar-refractivity contribution is -0.140. The van der Waals surface area contributed by atoms with Crippen LogP contribution in [0.5, 0.6) is 0 Å². The van der Waals surface area contributed by atoms with Crippen LogP contribution in [0.1, 0.15) is 28.8 Å². The van der Waals surface area contributed by atoms with Crippen molar-refractivity contribution in [2.45, 2.75) is 32.6 Å². The molecule has 2 N–H and O–H groups in total. The second-order valence-corrected chi connectivity index (χ2v) is 7.49. The molecule has 3 aromatic rings. The third-order valence-corrected chi connectivity index (χ3v) is 5.06. The van der Waals surface area contributed by atoms with Gasteiger partial charge in [-0.3, -0.25) is 0 Å². The first-order chi connectivity index (χ1) is 14.4. The van der Waals surface area contributed by atoms with Crippen molar-refractivity contribution in [1.82, 2.24) is 25.2 Å². The second-order valence-electron chi connectivity index (χ2n) is 6.55. The van der Waals surface area contributed by atoms with E-state index in [0.717, 1.165) is 34.4 Å². The van der Waals surface area contributed by atoms with Crippen LogP contribution < -0.4 is 10.6 Å². The van der Waals surface area contributed by atoms with Gasteiger partial charge in [-0.05, 0) is 18.1 Å². The van der Waals surface area contributed by atoms with E-state index in [1.165, 1.54) is 0 Å². The number of rotatable bonds is 8. The molecule has 0 bridgehead atoms. The highest BCUT2D eigenvalue weighted by atomic mass is 127. The number of benzene rings is 1. The summed E-state index contributed by atoms with van der Waals surface area (Å²) in [5.74, 6) is 0.616. The number of nitrogens with zero attached hydrogens (tertiary/aromatic N) is 4. The van der Waals surface area contributed by atoms with Gasteiger partial charge in [-0.15, -0.1) is 35.3 Å². The van der Waals surface area contributed by atoms with Crippen molar-refractivity contribution >= 4 is 41.3 Å². The zero-order valence-corrected chi connectivity index (χ0v) is 20.0. The van der Waals surface area contributed by atoms with Gasteiger partial charge in [-0.1, -0.05) is 24.3 Å². The van der Waals surface area contributed by atoms with Gasteiger partial charge in [0.1, 0.15) is 0 Å². The third kappa shape index (κ3) is 8.13. The molecule has 11 heteroatoms. The van der Waals surface area contributed by atoms with E-state index in [1.807, 2.05) is 29.8 Å². The Morgan fingerprint density at radius 3 is 2.71 bits per heavy atom. The maximum atomic E-state index is 12.6. The number of thiazole rings is 1. The smallest absolute Gasteiger partial charge is 0.357 e. The first-order valence-corrected chi connectivity index (χ1v) is 10.4. The van der Waals surface area contributed by atoms with Crippen molar-refractivity contribution in [2.75, 3.05) is 13.1 Å². The summed E-state index contributed by atoms with van der Waals surface area (Å²) in [5, 5.41) is 7.79. The SMILES string of the molecule is CCNC(=NCc1cccc(Cn2ccnc2)c1)NCCc1nc(C(F)(F)F)cs1.I. The largest absolute Gasteiger partial charge is 0.434 e. The molecule has 0 radical (unpaired) electrons. The summed E-state index contributed by atoms with van der Waals surface area (Å²) >= 11 is 1.02. The predicted molar refractivity (Wildman–Crippen MR) is 127 cm³/mol. The van der Waals surface area contributed by atoms with Crippen LogP contribution in [0.2, 0.25) is 0 Å². The molecule has 0 amide bonds. The van der Waals surface area contributed by atoms with E-state index < -0.39 is 11.9 Å². The van der Waals surface area contributed by atoms with Crippen LogP contribution >= 0.6 is 35.3 Å². The number of nitrogens with one attached hydrogen (secondary N) is 2. The molecule has 3 rings (SSSR count). The standard InChI is InChI=1S/C20H23F3N6S.HI/c1-2-25-19(26-7-6-18-28-17(13-30-18)20(21,22)23)27-11-15-4-3-5-16(10-15)12-29-9-8-24-14-29;/h3-5,8-10,13-14H,2,6-7,11-12H2,1H3,(H2,25,26,27);1H. The molecule has 1 aromatic carbocycles. The molecule has 6 nitrogen and oxygen atoms in total. The zero-order valence-electron chi connectivity index (χ0n) is 16.9. The van der Waals surface area contributed by atoms with Gasteiger partial charge in [0.05, 0.1) is 17.9 Å². The van der Waals surface area contributed by atoms with Crippen LogP contribution in [-0.4, -0.2) is 33.6 Å². The molecule has 0 saturated heterocycles. The number of halogens is 4. The average Bonchev–Trinajstić information content (AvgIpc) is 3.38. The van der Waals surface area contributed by atoms with E-state index in [1.54, 1.807) is 12.5 Å². The molecule has 0 unspecified atom stereocenters. The van der Waals surface area contributed by atoms with Crippen molar-refractivity contribution in [1.29, 1.82) is 0 Å². The number of aliphatic imine (C=N–C) groups is 1. The molecule has 0 saturated carbocycles. The molecule has 0 aliphatic heterocycles. The van der Waals surface area contributed by atoms with Gasteiger partial charge < -0.3 is 15.2 Å². The van der Waals surface area contributed by atoms with E-state index >= 15 is 0 Å². The van der Waals surface area contributed by atoms with E-state index in [0.29, 0.717) is 37.0 Å². The molecule has 31 heavy (non-hydrogen) atoms. The zero-order chi connectivity index (χ0) is 21.4. The lowest BCUT2D eigenvalue weighted by Gasteiger charge is -2.11. The van der Waals surface area contributed by atoms with E-state index in [4.69, 9.17) is 0 Å². The fourth-order valence-corrected chi connectivity index (χ4v) is 3.58. The Morgan fingerprint density at radius 1 is 1.23 bits per heavy atom. The Labute approximate surface area is 200 Å². The second kappa shape index (κ2) is 12.0. The summed E-state index contributed by atoms with van der Waals surface area (Å²) in [7, 11) is 0. The number of imidazole rings is 1. The Hall–Kier alpha value is -2.15. The van der Waals surface area contributed by atoms with E-state index in [-0.39, 0.29) is 24.0 Å². The quantitative estimate of drug-likeness (QED) is 0.243. The molecule has 0 atom stereocenters. The fraction of sp³-hybridized carbons (Fsp3) is 0.350. The molecule has 168 valence electrons. The summed E-state index contributed by atoms with van der Waals surface area (Å²) in [4.78, 5) is 12.3. The topological polar surface area (TPSA) is 67.1 Å². The molecule has 2 aromatic heterocycles. The summed E-state index contributed by atoms with van der Waals surface area (Å²) in [6.07, 6.45) is 1.44. The van der Waals surface area contributed by atoms with Crippen molar-refractivity contribution in [3.8, 4) is 0 Å². The van der Waals surface area contributed by atoms with Gasteiger partial charge in [0.25, 0.3) is 0 Å². The highest BCUT2D eigenvalue weighted by Gasteiger charge is 2.33. The molecular formula is C20H24F3IN6S. The molecule has 0 fully saturated rings. The molecule has 0 spiro atoms. The third-order valence-electron chi connectivity index (χ3n) is 4.15. The first-order valence-electron chi connectivity index (χ1n) is 9.51. The van der Waals surface area contributed by atoms with Gasteiger partial charge in [0.15, 0.2) is 11.7 Å². The van der Waals surface area contributed by atoms with Crippen molar-refractivity contribution in [3.63, 3.8) is 0 Å². The highest BCUT2D eigenvalue weighted by molar-refractivity contribution is 14.0. The van der Waals surface area contributed by atoms with Gasteiger partial charge in [-0.2, -0.15) is 13.2 Å². The monoisotopic (exact) mass is 564 g/mol. The first kappa shape index (κ1) is 25.1. The molecule has 0 aliphatic carbocycles. The lowest BCUT2D eigenvalue weighted by Crippen LogP contribution is -2.38. The fourth-order valence-electron chi connectivity index (χ4n) is 2.77. The number of guanidine groups is 1. The highest BCUT2D eigenvalue weighted by Crippen LogP contribution is 2.29. The Kier molecular flexibility index (Phi) is 9.75. The number of alkyl halides is 3. The van der Waals surface area contributed by atoms with Crippen LogP contribution in [0.3, 0.4) is 0 Å². The summed E-state index contributed by atoms with van der Waals surface area (Å²) in [6.45, 7) is 4.31. The Bertz CT molecular complexity index is 956. The van der Waals surface area contributed by atoms with Crippen LogP contribution in [-0.2, 0) is 25.7 Å². The summed E-state index contributed by atoms with van der Waals surface area (Å²) in [5.41, 5.74) is 1.39. The van der Waals surface area contributed by atoms with E-state index in [9.17, 15) is 13.2 Å². The van der Waals surface area contributed by atoms with Gasteiger partial charge >= 0.3 is 6.18 Å². The normalized spacial score (nSPS) is 11.8. The van der Waals surface area contributed by atoms with Crippen LogP contribution in [0, 0.1) is 0 Å². The minimum atomic E-state index is -4.40.